The molecule has 0 unspecified atom stereocenters. The number of pyridine rings is 1. The van der Waals surface area contributed by atoms with Crippen LogP contribution in [-0.2, 0) is 0 Å². The lowest BCUT2D eigenvalue weighted by Crippen LogP contribution is -2.01. The molecule has 0 aliphatic heterocycles. The first-order valence-corrected chi connectivity index (χ1v) is 7.53. The summed E-state index contributed by atoms with van der Waals surface area (Å²) >= 11 is 0. The molecule has 1 heterocycles. The van der Waals surface area contributed by atoms with Gasteiger partial charge < -0.3 is 5.73 Å². The maximum absolute atomic E-state index is 11.3. The van der Waals surface area contributed by atoms with Crippen molar-refractivity contribution in [3.8, 4) is 28.5 Å². The second kappa shape index (κ2) is 6.42. The Balaban J connectivity index is 2.31. The number of aryl methyl sites for hydroxylation is 1. The van der Waals surface area contributed by atoms with Crippen LogP contribution in [0, 0.1) is 28.4 Å². The van der Waals surface area contributed by atoms with Gasteiger partial charge in [0, 0.05) is 11.6 Å². The van der Waals surface area contributed by atoms with Crippen LogP contribution in [0.2, 0.25) is 0 Å². The van der Waals surface area contributed by atoms with E-state index in [0.717, 1.165) is 11.1 Å². The number of nitrogens with zero attached hydrogens (tertiary/aromatic N) is 3. The average Bonchev–Trinajstić information content (AvgIpc) is 2.61. The highest BCUT2D eigenvalue weighted by Crippen LogP contribution is 2.35. The van der Waals surface area contributed by atoms with E-state index in [1.165, 1.54) is 6.07 Å². The van der Waals surface area contributed by atoms with Crippen LogP contribution in [0.1, 0.15) is 11.1 Å². The maximum atomic E-state index is 11.3. The number of hydrogen-bond donors (Lipinski definition) is 1. The smallest absolute Gasteiger partial charge is 0.278 e. The van der Waals surface area contributed by atoms with Crippen LogP contribution < -0.4 is 5.73 Å². The van der Waals surface area contributed by atoms with Crippen molar-refractivity contribution in [2.45, 2.75) is 6.92 Å². The van der Waals surface area contributed by atoms with Crippen LogP contribution in [0.3, 0.4) is 0 Å². The van der Waals surface area contributed by atoms with E-state index < -0.39 is 4.92 Å². The molecule has 6 heteroatoms. The highest BCUT2D eigenvalue weighted by Gasteiger charge is 2.19. The molecule has 0 aliphatic carbocycles. The van der Waals surface area contributed by atoms with E-state index in [1.54, 1.807) is 24.3 Å². The van der Waals surface area contributed by atoms with Crippen LogP contribution in [-0.4, -0.2) is 9.91 Å². The average molecular weight is 330 g/mol. The number of nitro benzene ring substituents is 1. The second-order valence-corrected chi connectivity index (χ2v) is 5.52. The summed E-state index contributed by atoms with van der Waals surface area (Å²) in [5.74, 6) is 0.0522. The minimum Gasteiger partial charge on any atom is -0.383 e. The third-order valence-corrected chi connectivity index (χ3v) is 3.97. The lowest BCUT2D eigenvalue weighted by Gasteiger charge is -2.12. The zero-order valence-electron chi connectivity index (χ0n) is 13.4. The molecule has 3 rings (SSSR count). The number of nitriles is 1. The molecule has 2 aromatic carbocycles. The standard InChI is InChI=1S/C19H14N4O2/c1-12-6-2-3-7-13(12)15-10-17(22-19(21)16(15)11-20)14-8-4-5-9-18(14)23(24)25/h2-10H,1H3,(H2,21,22). The molecule has 0 saturated heterocycles. The monoisotopic (exact) mass is 330 g/mol. The van der Waals surface area contributed by atoms with E-state index in [1.807, 2.05) is 31.2 Å². The fourth-order valence-corrected chi connectivity index (χ4v) is 2.76. The number of hydrogen-bond acceptors (Lipinski definition) is 5. The summed E-state index contributed by atoms with van der Waals surface area (Å²) in [6.07, 6.45) is 0. The van der Waals surface area contributed by atoms with Gasteiger partial charge in [-0.1, -0.05) is 36.4 Å². The SMILES string of the molecule is Cc1ccccc1-c1cc(-c2ccccc2[N+](=O)[O-])nc(N)c1C#N. The Labute approximate surface area is 144 Å². The Bertz CT molecular complexity index is 1020. The summed E-state index contributed by atoms with van der Waals surface area (Å²) in [6.45, 7) is 1.93. The van der Waals surface area contributed by atoms with Crippen molar-refractivity contribution in [3.05, 3.63) is 75.8 Å². The molecule has 122 valence electrons. The molecule has 6 nitrogen and oxygen atoms in total. The summed E-state index contributed by atoms with van der Waals surface area (Å²) in [4.78, 5) is 15.1. The Morgan fingerprint density at radius 2 is 1.72 bits per heavy atom. The number of rotatable bonds is 3. The number of aromatic nitrogens is 1. The molecule has 0 amide bonds. The van der Waals surface area contributed by atoms with E-state index in [9.17, 15) is 15.4 Å². The molecule has 0 atom stereocenters. The molecule has 0 saturated carbocycles. The second-order valence-electron chi connectivity index (χ2n) is 5.52. The number of nitro groups is 1. The van der Waals surface area contributed by atoms with Gasteiger partial charge in [0.25, 0.3) is 5.69 Å². The van der Waals surface area contributed by atoms with Gasteiger partial charge >= 0.3 is 0 Å². The lowest BCUT2D eigenvalue weighted by atomic mass is 9.95. The highest BCUT2D eigenvalue weighted by molar-refractivity contribution is 5.83. The first-order chi connectivity index (χ1) is 12.0. The van der Waals surface area contributed by atoms with Crippen molar-refractivity contribution in [3.63, 3.8) is 0 Å². The highest BCUT2D eigenvalue weighted by atomic mass is 16.6. The van der Waals surface area contributed by atoms with Crippen molar-refractivity contribution in [2.75, 3.05) is 5.73 Å². The van der Waals surface area contributed by atoms with Crippen LogP contribution in [0.5, 0.6) is 0 Å². The predicted molar refractivity (Wildman–Crippen MR) is 95.6 cm³/mol. The molecule has 0 bridgehead atoms. The minimum atomic E-state index is -0.459. The van der Waals surface area contributed by atoms with Gasteiger partial charge in [0.15, 0.2) is 0 Å². The Hall–Kier alpha value is -3.72. The van der Waals surface area contributed by atoms with Crippen molar-refractivity contribution in [1.29, 1.82) is 5.26 Å². The third-order valence-electron chi connectivity index (χ3n) is 3.97. The molecule has 25 heavy (non-hydrogen) atoms. The predicted octanol–water partition coefficient (Wildman–Crippen LogP) is 4.09. The van der Waals surface area contributed by atoms with Gasteiger partial charge in [-0.15, -0.1) is 0 Å². The summed E-state index contributed by atoms with van der Waals surface area (Å²) in [5.41, 5.74) is 9.33. The molecule has 3 aromatic rings. The molecule has 2 N–H and O–H groups in total. The number of nitrogens with two attached hydrogens (primary N) is 1. The lowest BCUT2D eigenvalue weighted by molar-refractivity contribution is -0.384. The quantitative estimate of drug-likeness (QED) is 0.575. The van der Waals surface area contributed by atoms with Gasteiger partial charge in [-0.3, -0.25) is 10.1 Å². The topological polar surface area (TPSA) is 106 Å². The van der Waals surface area contributed by atoms with Crippen molar-refractivity contribution >= 4 is 11.5 Å². The van der Waals surface area contributed by atoms with Gasteiger partial charge in [-0.2, -0.15) is 5.26 Å². The van der Waals surface area contributed by atoms with Gasteiger partial charge in [-0.25, -0.2) is 4.98 Å². The number of benzene rings is 2. The van der Waals surface area contributed by atoms with Crippen molar-refractivity contribution < 1.29 is 4.92 Å². The molecule has 0 radical (unpaired) electrons. The molecule has 0 fully saturated rings. The van der Waals surface area contributed by atoms with E-state index in [-0.39, 0.29) is 17.1 Å². The summed E-state index contributed by atoms with van der Waals surface area (Å²) < 4.78 is 0. The first kappa shape index (κ1) is 16.1. The van der Waals surface area contributed by atoms with E-state index in [2.05, 4.69) is 11.1 Å². The van der Waals surface area contributed by atoms with Gasteiger partial charge in [0.2, 0.25) is 0 Å². The van der Waals surface area contributed by atoms with E-state index in [4.69, 9.17) is 5.73 Å². The zero-order chi connectivity index (χ0) is 18.0. The molecule has 0 aliphatic rings. The van der Waals surface area contributed by atoms with Gasteiger partial charge in [-0.05, 0) is 30.2 Å². The molecule has 0 spiro atoms. The maximum Gasteiger partial charge on any atom is 0.278 e. The zero-order valence-corrected chi connectivity index (χ0v) is 13.4. The van der Waals surface area contributed by atoms with E-state index in [0.29, 0.717) is 16.8 Å². The number of anilines is 1. The normalized spacial score (nSPS) is 10.2. The van der Waals surface area contributed by atoms with Gasteiger partial charge in [0.1, 0.15) is 17.5 Å². The first-order valence-electron chi connectivity index (χ1n) is 7.53. The largest absolute Gasteiger partial charge is 0.383 e. The van der Waals surface area contributed by atoms with Crippen molar-refractivity contribution in [1.82, 2.24) is 4.98 Å². The fourth-order valence-electron chi connectivity index (χ4n) is 2.76. The van der Waals surface area contributed by atoms with Crippen LogP contribution in [0.4, 0.5) is 11.5 Å². The molecular weight excluding hydrogens is 316 g/mol. The Morgan fingerprint density at radius 3 is 2.36 bits per heavy atom. The minimum absolute atomic E-state index is 0.0522. The van der Waals surface area contributed by atoms with Crippen LogP contribution in [0.15, 0.2) is 54.6 Å². The summed E-state index contributed by atoms with van der Waals surface area (Å²) in [5, 5.41) is 20.8. The number of nitrogen functional groups attached to an aromatic ring is 1. The molecular formula is C19H14N4O2. The van der Waals surface area contributed by atoms with Crippen molar-refractivity contribution in [2.24, 2.45) is 0 Å². The van der Waals surface area contributed by atoms with Crippen LogP contribution >= 0.6 is 0 Å². The number of para-hydroxylation sites is 1. The molecule has 1 aromatic heterocycles. The summed E-state index contributed by atoms with van der Waals surface area (Å²) in [7, 11) is 0. The van der Waals surface area contributed by atoms with E-state index >= 15 is 0 Å². The third kappa shape index (κ3) is 2.91. The summed E-state index contributed by atoms with van der Waals surface area (Å²) in [6, 6.07) is 17.7. The fraction of sp³-hybridized carbons (Fsp3) is 0.0526. The van der Waals surface area contributed by atoms with Gasteiger partial charge in [0.05, 0.1) is 16.2 Å². The Morgan fingerprint density at radius 1 is 1.08 bits per heavy atom. The Kier molecular flexibility index (Phi) is 4.14. The van der Waals surface area contributed by atoms with Crippen LogP contribution in [0.25, 0.3) is 22.4 Å².